The van der Waals surface area contributed by atoms with E-state index in [-0.39, 0.29) is 33.6 Å². The van der Waals surface area contributed by atoms with Gasteiger partial charge in [0.2, 0.25) is 17.2 Å². The number of hydrogen-bond acceptors (Lipinski definition) is 8. The molecular weight excluding hydrogens is 596 g/mol. The second-order valence-electron chi connectivity index (χ2n) is 6.25. The Labute approximate surface area is 194 Å². The van der Waals surface area contributed by atoms with Crippen LogP contribution in [-0.2, 0) is 4.79 Å². The molecule has 4 N–H and O–H groups in total. The van der Waals surface area contributed by atoms with E-state index in [4.69, 9.17) is 9.15 Å². The lowest BCUT2D eigenvalue weighted by atomic mass is 9.98. The van der Waals surface area contributed by atoms with Crippen LogP contribution in [0.25, 0.3) is 11.0 Å². The first-order valence-corrected chi connectivity index (χ1v) is 10.7. The Balaban J connectivity index is 2.30. The number of benzene rings is 2. The number of carbonyl (C=O) groups excluding carboxylic acids is 2. The van der Waals surface area contributed by atoms with Crippen molar-refractivity contribution in [2.75, 3.05) is 0 Å². The first kappa shape index (κ1) is 22.4. The van der Waals surface area contributed by atoms with Crippen LogP contribution in [0.4, 0.5) is 0 Å². The van der Waals surface area contributed by atoms with Gasteiger partial charge in [0.15, 0.2) is 22.9 Å². The van der Waals surface area contributed by atoms with E-state index in [0.717, 1.165) is 0 Å². The topological polar surface area (TPSA) is 137 Å². The van der Waals surface area contributed by atoms with Crippen LogP contribution in [-0.4, -0.2) is 32.2 Å². The molecule has 0 aliphatic heterocycles. The molecule has 0 radical (unpaired) electrons. The summed E-state index contributed by atoms with van der Waals surface area (Å²) in [6.45, 7) is 2.88. The highest BCUT2D eigenvalue weighted by Crippen LogP contribution is 2.52. The third kappa shape index (κ3) is 3.65. The van der Waals surface area contributed by atoms with Gasteiger partial charge >= 0.3 is 5.97 Å². The second kappa shape index (κ2) is 8.12. The zero-order valence-electron chi connectivity index (χ0n) is 15.3. The summed E-state index contributed by atoms with van der Waals surface area (Å²) in [5.41, 5.74) is -0.369. The minimum atomic E-state index is -0.990. The van der Waals surface area contributed by atoms with Crippen molar-refractivity contribution < 1.29 is 39.2 Å². The maximum Gasteiger partial charge on any atom is 0.308 e. The van der Waals surface area contributed by atoms with Crippen LogP contribution >= 0.6 is 47.8 Å². The number of carbonyl (C=O) groups is 2. The van der Waals surface area contributed by atoms with Crippen molar-refractivity contribution in [2.45, 2.75) is 18.7 Å². The van der Waals surface area contributed by atoms with Gasteiger partial charge < -0.3 is 29.6 Å². The fourth-order valence-corrected chi connectivity index (χ4v) is 4.54. The van der Waals surface area contributed by atoms with Crippen LogP contribution in [0, 0.1) is 0 Å². The minimum absolute atomic E-state index is 0.0573. The van der Waals surface area contributed by atoms with E-state index < -0.39 is 39.6 Å². The molecule has 1 atom stereocenters. The van der Waals surface area contributed by atoms with Crippen LogP contribution < -0.4 is 4.74 Å². The predicted molar refractivity (Wildman–Crippen MR) is 117 cm³/mol. The monoisotopic (exact) mass is 606 g/mol. The van der Waals surface area contributed by atoms with Gasteiger partial charge in [0.1, 0.15) is 5.76 Å². The molecule has 1 heterocycles. The van der Waals surface area contributed by atoms with E-state index in [9.17, 15) is 30.0 Å². The highest BCUT2D eigenvalue weighted by atomic mass is 79.9. The summed E-state index contributed by atoms with van der Waals surface area (Å²) < 4.78 is 11.3. The van der Waals surface area contributed by atoms with Crippen LogP contribution in [0.5, 0.6) is 28.7 Å². The number of ether oxygens (including phenoxy) is 1. The summed E-state index contributed by atoms with van der Waals surface area (Å²) in [5, 5.41) is 40.0. The quantitative estimate of drug-likeness (QED) is 0.0772. The van der Waals surface area contributed by atoms with Crippen molar-refractivity contribution >= 4 is 70.5 Å². The summed E-state index contributed by atoms with van der Waals surface area (Å²) in [6, 6.07) is 2.81. The second-order valence-corrected chi connectivity index (χ2v) is 9.33. The Bertz CT molecular complexity index is 1190. The number of aromatic hydroxyl groups is 4. The van der Waals surface area contributed by atoms with E-state index >= 15 is 0 Å². The van der Waals surface area contributed by atoms with Crippen molar-refractivity contribution in [3.63, 3.8) is 0 Å². The number of hydrogen-bond donors (Lipinski definition) is 4. The van der Waals surface area contributed by atoms with Gasteiger partial charge in [-0.3, -0.25) is 9.59 Å². The van der Waals surface area contributed by atoms with Crippen molar-refractivity contribution in [1.82, 2.24) is 0 Å². The molecule has 8 nitrogen and oxygen atoms in total. The smallest absolute Gasteiger partial charge is 0.308 e. The van der Waals surface area contributed by atoms with Crippen LogP contribution in [0.3, 0.4) is 0 Å². The third-order valence-corrected chi connectivity index (χ3v) is 5.75. The van der Waals surface area contributed by atoms with Gasteiger partial charge in [-0.25, -0.2) is 0 Å². The molecule has 158 valence electrons. The largest absolute Gasteiger partial charge is 0.504 e. The SMILES string of the molecule is CC(=O)Oc1c(Br)cc(C(=O)c2c(C(C)Br)oc3c(O)c(O)c(O)c(O)c23)cc1Br. The van der Waals surface area contributed by atoms with Gasteiger partial charge in [-0.2, -0.15) is 0 Å². The van der Waals surface area contributed by atoms with Gasteiger partial charge in [0, 0.05) is 12.5 Å². The zero-order valence-corrected chi connectivity index (χ0v) is 20.0. The number of fused-ring (bicyclic) bond motifs is 1. The first-order chi connectivity index (χ1) is 14.0. The molecule has 0 saturated heterocycles. The Hall–Kier alpha value is -2.24. The number of phenolic OH excluding ortho intramolecular Hbond substituents is 4. The average Bonchev–Trinajstić information content (AvgIpc) is 3.07. The normalized spacial score (nSPS) is 12.2. The summed E-state index contributed by atoms with van der Waals surface area (Å²) in [5.74, 6) is -4.54. The van der Waals surface area contributed by atoms with Crippen molar-refractivity contribution in [3.8, 4) is 28.7 Å². The molecule has 30 heavy (non-hydrogen) atoms. The lowest BCUT2D eigenvalue weighted by Crippen LogP contribution is -2.07. The van der Waals surface area contributed by atoms with Gasteiger partial charge in [0.25, 0.3) is 0 Å². The summed E-state index contributed by atoms with van der Waals surface area (Å²) in [6.07, 6.45) is 0. The number of ketones is 1. The average molecular weight is 609 g/mol. The third-order valence-electron chi connectivity index (χ3n) is 4.15. The molecule has 1 aromatic heterocycles. The van der Waals surface area contributed by atoms with Crippen LogP contribution in [0.1, 0.15) is 40.4 Å². The first-order valence-electron chi connectivity index (χ1n) is 8.24. The van der Waals surface area contributed by atoms with Crippen LogP contribution in [0.2, 0.25) is 0 Å². The minimum Gasteiger partial charge on any atom is -0.504 e. The Morgan fingerprint density at radius 2 is 1.53 bits per heavy atom. The number of rotatable bonds is 4. The predicted octanol–water partition coefficient (Wildman–Crippen LogP) is 5.39. The van der Waals surface area contributed by atoms with Gasteiger partial charge in [-0.1, -0.05) is 15.9 Å². The van der Waals surface area contributed by atoms with Gasteiger partial charge in [0.05, 0.1) is 24.7 Å². The molecule has 1 unspecified atom stereocenters. The van der Waals surface area contributed by atoms with Gasteiger partial charge in [-0.15, -0.1) is 0 Å². The molecule has 0 aliphatic carbocycles. The molecule has 11 heteroatoms. The van der Waals surface area contributed by atoms with Crippen molar-refractivity contribution in [2.24, 2.45) is 0 Å². The number of halogens is 3. The Kier molecular flexibility index (Phi) is 6.08. The Morgan fingerprint density at radius 3 is 2.03 bits per heavy atom. The van der Waals surface area contributed by atoms with Crippen LogP contribution in [0.15, 0.2) is 25.5 Å². The molecular formula is C19H13Br3O8. The fraction of sp³-hybridized carbons (Fsp3) is 0.158. The van der Waals surface area contributed by atoms with Gasteiger partial charge in [-0.05, 0) is 50.9 Å². The number of alkyl halides is 1. The standard InChI is InChI=1S/C19H13Br3O8/c1-5(20)17-10(11-13(25)14(26)15(27)16(28)19(11)30-17)12(24)7-3-8(21)18(9(22)4-7)29-6(2)23/h3-5,25-28H,1-2H3. The Morgan fingerprint density at radius 1 is 1.00 bits per heavy atom. The van der Waals surface area contributed by atoms with E-state index in [1.54, 1.807) is 6.92 Å². The lowest BCUT2D eigenvalue weighted by molar-refractivity contribution is -0.131. The number of esters is 1. The van der Waals surface area contributed by atoms with E-state index in [0.29, 0.717) is 8.95 Å². The molecule has 0 bridgehead atoms. The van der Waals surface area contributed by atoms with Crippen molar-refractivity contribution in [3.05, 3.63) is 38.0 Å². The van der Waals surface area contributed by atoms with E-state index in [2.05, 4.69) is 47.8 Å². The molecule has 0 spiro atoms. The maximum absolute atomic E-state index is 13.4. The molecule has 3 rings (SSSR count). The number of phenols is 4. The molecule has 0 aliphatic rings. The van der Waals surface area contributed by atoms with E-state index in [1.165, 1.54) is 19.1 Å². The highest BCUT2D eigenvalue weighted by molar-refractivity contribution is 9.11. The highest BCUT2D eigenvalue weighted by Gasteiger charge is 2.32. The maximum atomic E-state index is 13.4. The summed E-state index contributed by atoms with van der Waals surface area (Å²) >= 11 is 9.79. The summed E-state index contributed by atoms with van der Waals surface area (Å²) in [4.78, 5) is 24.1. The zero-order chi connectivity index (χ0) is 22.5. The van der Waals surface area contributed by atoms with Crippen molar-refractivity contribution in [1.29, 1.82) is 0 Å². The lowest BCUT2D eigenvalue weighted by Gasteiger charge is -2.11. The number of furan rings is 1. The molecule has 3 aromatic rings. The molecule has 0 fully saturated rings. The summed E-state index contributed by atoms with van der Waals surface area (Å²) in [7, 11) is 0. The molecule has 0 amide bonds. The molecule has 0 saturated carbocycles. The van der Waals surface area contributed by atoms with E-state index in [1.807, 2.05) is 0 Å². The fourth-order valence-electron chi connectivity index (χ4n) is 2.87. The molecule has 2 aromatic carbocycles.